The van der Waals surface area contributed by atoms with Crippen LogP contribution in [0.15, 0.2) is 167 Å². The van der Waals surface area contributed by atoms with E-state index >= 15 is 0 Å². The molecule has 0 amide bonds. The number of furan rings is 2. The van der Waals surface area contributed by atoms with Crippen molar-refractivity contribution in [2.45, 2.75) is 103 Å². The highest BCUT2D eigenvalue weighted by atomic mass is 16.3. The molecule has 4 aliphatic rings. The van der Waals surface area contributed by atoms with E-state index in [0.29, 0.717) is 0 Å². The Balaban J connectivity index is 0.963. The first-order valence-electron chi connectivity index (χ1n) is 26.3. The maximum absolute atomic E-state index is 7.08. The highest BCUT2D eigenvalue weighted by molar-refractivity contribution is 6.22. The zero-order valence-electron chi connectivity index (χ0n) is 43.8. The summed E-state index contributed by atoms with van der Waals surface area (Å²) in [6.45, 7) is 26.4. The Bertz CT molecular complexity index is 4040. The number of anilines is 3. The van der Waals surface area contributed by atoms with Gasteiger partial charge in [-0.1, -0.05) is 185 Å². The molecule has 356 valence electrons. The zero-order valence-corrected chi connectivity index (χ0v) is 43.8. The number of fused-ring (bicyclic) bond motifs is 24. The van der Waals surface area contributed by atoms with Gasteiger partial charge in [0.1, 0.15) is 22.3 Å². The van der Waals surface area contributed by atoms with Crippen molar-refractivity contribution >= 4 is 60.9 Å². The predicted molar refractivity (Wildman–Crippen MR) is 305 cm³/mol. The van der Waals surface area contributed by atoms with Gasteiger partial charge in [-0.15, -0.1) is 0 Å². The van der Waals surface area contributed by atoms with Crippen LogP contribution in [-0.2, 0) is 27.1 Å². The van der Waals surface area contributed by atoms with Crippen molar-refractivity contribution in [3.05, 3.63) is 208 Å². The number of rotatable bonds is 3. The van der Waals surface area contributed by atoms with E-state index in [2.05, 4.69) is 239 Å². The van der Waals surface area contributed by atoms with Crippen molar-refractivity contribution in [3.8, 4) is 44.5 Å². The standard InChI is InChI=1S/C70H59NO2/c1-66(2,3)38-28-30-39(31-29-38)71(40-32-34-44-50(36-40)69(8,9)62-58(44)64-56(46-22-14-18-26-52(46)72-64)54-42-20-12-16-24-48(42)67(4,5)60(54)62)41-33-35-45-51(37-41)70(10,11)63-59(45)65-57(47-23-15-19-27-53(47)73-65)55-43-21-13-17-25-49(43)68(6,7)61(55)63/h12-37H,1-11H3. The van der Waals surface area contributed by atoms with Crippen LogP contribution in [-0.4, -0.2) is 0 Å². The van der Waals surface area contributed by atoms with E-state index in [4.69, 9.17) is 8.83 Å². The fourth-order valence-electron chi connectivity index (χ4n) is 14.9. The van der Waals surface area contributed by atoms with Crippen molar-refractivity contribution in [1.82, 2.24) is 0 Å². The SMILES string of the molecule is CC(C)(C)c1ccc(N(c2ccc3c(c2)C(C)(C)c2c4c(c5c(oc6ccccc65)c2-3)-c2ccccc2C4(C)C)c2ccc3c(c2)C(C)(C)c2c4c(c5c(oc6ccccc65)c2-3)-c2ccccc2C4(C)C)cc1. The van der Waals surface area contributed by atoms with Crippen molar-refractivity contribution in [2.24, 2.45) is 0 Å². The van der Waals surface area contributed by atoms with Crippen LogP contribution < -0.4 is 4.90 Å². The first kappa shape index (κ1) is 43.0. The molecule has 0 atom stereocenters. The van der Waals surface area contributed by atoms with Gasteiger partial charge in [-0.25, -0.2) is 0 Å². The summed E-state index contributed by atoms with van der Waals surface area (Å²) in [5.41, 5.74) is 28.8. The van der Waals surface area contributed by atoms with Crippen LogP contribution in [0.4, 0.5) is 17.1 Å². The van der Waals surface area contributed by atoms with Gasteiger partial charge < -0.3 is 13.7 Å². The Hall–Kier alpha value is -7.62. The molecule has 0 fully saturated rings. The lowest BCUT2D eigenvalue weighted by molar-refractivity contribution is 0.590. The van der Waals surface area contributed by atoms with Gasteiger partial charge in [0.2, 0.25) is 0 Å². The van der Waals surface area contributed by atoms with Crippen molar-refractivity contribution in [1.29, 1.82) is 0 Å². The lowest BCUT2D eigenvalue weighted by atomic mass is 9.72. The predicted octanol–water partition coefficient (Wildman–Crippen LogP) is 19.5. The molecule has 3 heteroatoms. The van der Waals surface area contributed by atoms with Gasteiger partial charge in [-0.2, -0.15) is 0 Å². The van der Waals surface area contributed by atoms with E-state index in [1.807, 2.05) is 0 Å². The van der Waals surface area contributed by atoms with Gasteiger partial charge in [0.05, 0.1) is 0 Å². The highest BCUT2D eigenvalue weighted by Crippen LogP contribution is 2.66. The second-order valence-electron chi connectivity index (χ2n) is 24.8. The Morgan fingerprint density at radius 1 is 0.356 bits per heavy atom. The second-order valence-corrected chi connectivity index (χ2v) is 24.8. The maximum atomic E-state index is 7.08. The quantitative estimate of drug-likeness (QED) is 0.177. The summed E-state index contributed by atoms with van der Waals surface area (Å²) < 4.78 is 14.2. The molecule has 11 aromatic rings. The lowest BCUT2D eigenvalue weighted by Gasteiger charge is -2.32. The fraction of sp³-hybridized carbons (Fsp3) is 0.229. The maximum Gasteiger partial charge on any atom is 0.144 e. The van der Waals surface area contributed by atoms with Gasteiger partial charge in [0.15, 0.2) is 0 Å². The minimum absolute atomic E-state index is 0.0153. The van der Waals surface area contributed by atoms with Crippen LogP contribution in [0.2, 0.25) is 0 Å². The molecule has 0 radical (unpaired) electrons. The molecular formula is C70H59NO2. The minimum atomic E-state index is -0.344. The summed E-state index contributed by atoms with van der Waals surface area (Å²) in [5.74, 6) is 0. The van der Waals surface area contributed by atoms with E-state index in [0.717, 1.165) is 39.4 Å². The van der Waals surface area contributed by atoms with Gasteiger partial charge >= 0.3 is 0 Å². The molecule has 0 aliphatic heterocycles. The van der Waals surface area contributed by atoms with Crippen molar-refractivity contribution < 1.29 is 8.83 Å². The highest BCUT2D eigenvalue weighted by Gasteiger charge is 2.51. The van der Waals surface area contributed by atoms with Crippen LogP contribution in [0.25, 0.3) is 88.4 Å². The summed E-state index contributed by atoms with van der Waals surface area (Å²) in [7, 11) is 0. The summed E-state index contributed by atoms with van der Waals surface area (Å²) >= 11 is 0. The van der Waals surface area contributed by atoms with Crippen LogP contribution in [0.5, 0.6) is 0 Å². The van der Waals surface area contributed by atoms with Gasteiger partial charge in [-0.3, -0.25) is 0 Å². The number of hydrogen-bond acceptors (Lipinski definition) is 3. The third-order valence-corrected chi connectivity index (χ3v) is 18.3. The third kappa shape index (κ3) is 5.25. The molecule has 0 spiro atoms. The molecule has 0 unspecified atom stereocenters. The molecule has 9 aromatic carbocycles. The smallest absolute Gasteiger partial charge is 0.144 e. The van der Waals surface area contributed by atoms with E-state index < -0.39 is 0 Å². The molecule has 2 heterocycles. The molecule has 0 N–H and O–H groups in total. The fourth-order valence-corrected chi connectivity index (χ4v) is 14.9. The van der Waals surface area contributed by atoms with Gasteiger partial charge in [0.25, 0.3) is 0 Å². The molecule has 0 bridgehead atoms. The first-order valence-corrected chi connectivity index (χ1v) is 26.3. The van der Waals surface area contributed by atoms with Crippen LogP contribution >= 0.6 is 0 Å². The first-order chi connectivity index (χ1) is 34.9. The number of hydrogen-bond donors (Lipinski definition) is 0. The van der Waals surface area contributed by atoms with Crippen LogP contribution in [0, 0.1) is 0 Å². The molecule has 15 rings (SSSR count). The molecular weight excluding hydrogens is 887 g/mol. The molecule has 2 aromatic heterocycles. The molecule has 3 nitrogen and oxygen atoms in total. The van der Waals surface area contributed by atoms with E-state index in [1.54, 1.807) is 0 Å². The zero-order chi connectivity index (χ0) is 50.0. The second kappa shape index (κ2) is 13.7. The monoisotopic (exact) mass is 945 g/mol. The number of nitrogens with zero attached hydrogens (tertiary/aromatic N) is 1. The summed E-state index contributed by atoms with van der Waals surface area (Å²) in [4.78, 5) is 2.51. The third-order valence-electron chi connectivity index (χ3n) is 18.3. The van der Waals surface area contributed by atoms with Crippen molar-refractivity contribution in [3.63, 3.8) is 0 Å². The number of para-hydroxylation sites is 2. The summed E-state index contributed by atoms with van der Waals surface area (Å²) in [5, 5.41) is 4.82. The van der Waals surface area contributed by atoms with Gasteiger partial charge in [-0.05, 0) is 137 Å². The average molecular weight is 946 g/mol. The molecule has 0 saturated heterocycles. The van der Waals surface area contributed by atoms with Crippen molar-refractivity contribution in [2.75, 3.05) is 4.90 Å². The van der Waals surface area contributed by atoms with E-state index in [9.17, 15) is 0 Å². The Morgan fingerprint density at radius 2 is 0.712 bits per heavy atom. The molecule has 73 heavy (non-hydrogen) atoms. The summed E-state index contributed by atoms with van der Waals surface area (Å²) in [6.07, 6.45) is 0. The normalized spacial score (nSPS) is 16.6. The molecule has 4 aliphatic carbocycles. The summed E-state index contributed by atoms with van der Waals surface area (Å²) in [6, 6.07) is 59.3. The van der Waals surface area contributed by atoms with Crippen LogP contribution in [0.1, 0.15) is 126 Å². The van der Waals surface area contributed by atoms with E-state index in [1.165, 1.54) is 116 Å². The average Bonchev–Trinajstić information content (AvgIpc) is 4.17. The Morgan fingerprint density at radius 3 is 1.15 bits per heavy atom. The lowest BCUT2D eigenvalue weighted by Crippen LogP contribution is -2.24. The Kier molecular flexibility index (Phi) is 8.07. The minimum Gasteiger partial charge on any atom is -0.455 e. The van der Waals surface area contributed by atoms with Crippen LogP contribution in [0.3, 0.4) is 0 Å². The van der Waals surface area contributed by atoms with Gasteiger partial charge in [0, 0.05) is 71.4 Å². The largest absolute Gasteiger partial charge is 0.455 e. The number of benzene rings is 9. The van der Waals surface area contributed by atoms with E-state index in [-0.39, 0.29) is 27.1 Å². The molecule has 0 saturated carbocycles. The topological polar surface area (TPSA) is 29.5 Å². The Labute approximate surface area is 428 Å².